The molecule has 0 fully saturated rings. The van der Waals surface area contributed by atoms with Crippen LogP contribution in [0.15, 0.2) is 36.5 Å². The first-order valence-corrected chi connectivity index (χ1v) is 5.80. The molecule has 0 bridgehead atoms. The lowest BCUT2D eigenvalue weighted by Gasteiger charge is -2.10. The highest BCUT2D eigenvalue weighted by atomic mass is 35.5. The lowest BCUT2D eigenvalue weighted by Crippen LogP contribution is -2.12. The quantitative estimate of drug-likeness (QED) is 0.922. The van der Waals surface area contributed by atoms with Gasteiger partial charge in [0, 0.05) is 6.20 Å². The van der Waals surface area contributed by atoms with E-state index in [0.717, 1.165) is 6.07 Å². The van der Waals surface area contributed by atoms with E-state index in [0.29, 0.717) is 11.1 Å². The molecule has 0 spiro atoms. The molecule has 2 N–H and O–H groups in total. The number of pyridine rings is 1. The fourth-order valence-electron chi connectivity index (χ4n) is 1.67. The van der Waals surface area contributed by atoms with Crippen LogP contribution < -0.4 is 5.73 Å². The number of amides is 1. The topological polar surface area (TPSA) is 56.0 Å². The van der Waals surface area contributed by atoms with Gasteiger partial charge in [-0.2, -0.15) is 13.2 Å². The number of nitrogens with two attached hydrogens (primary N) is 1. The predicted molar refractivity (Wildman–Crippen MR) is 68.2 cm³/mol. The van der Waals surface area contributed by atoms with Crippen molar-refractivity contribution in [1.82, 2.24) is 4.98 Å². The number of aromatic nitrogens is 1. The Kier molecular flexibility index (Phi) is 3.67. The van der Waals surface area contributed by atoms with Crippen LogP contribution in [0.2, 0.25) is 5.02 Å². The number of alkyl halides is 3. The number of hydrogen-bond donors (Lipinski definition) is 1. The lowest BCUT2D eigenvalue weighted by molar-refractivity contribution is -0.137. The minimum absolute atomic E-state index is 0.0264. The third-order valence-electron chi connectivity index (χ3n) is 2.62. The van der Waals surface area contributed by atoms with Crippen molar-refractivity contribution < 1.29 is 18.0 Å². The van der Waals surface area contributed by atoms with E-state index in [1.165, 1.54) is 24.4 Å². The molecule has 0 radical (unpaired) electrons. The first-order chi connectivity index (χ1) is 9.29. The second kappa shape index (κ2) is 5.13. The Balaban J connectivity index is 2.47. The molecule has 0 saturated heterocycles. The fourth-order valence-corrected chi connectivity index (χ4v) is 1.96. The molecule has 1 heterocycles. The summed E-state index contributed by atoms with van der Waals surface area (Å²) in [5.41, 5.74) is 5.15. The Morgan fingerprint density at radius 1 is 1.15 bits per heavy atom. The number of benzene rings is 1. The van der Waals surface area contributed by atoms with E-state index in [2.05, 4.69) is 4.98 Å². The Morgan fingerprint density at radius 2 is 1.80 bits per heavy atom. The van der Waals surface area contributed by atoms with E-state index in [-0.39, 0.29) is 5.69 Å². The van der Waals surface area contributed by atoms with E-state index >= 15 is 0 Å². The van der Waals surface area contributed by atoms with Crippen molar-refractivity contribution in [2.75, 3.05) is 0 Å². The first kappa shape index (κ1) is 14.3. The van der Waals surface area contributed by atoms with Crippen LogP contribution in [0.1, 0.15) is 16.1 Å². The molecule has 20 heavy (non-hydrogen) atoms. The summed E-state index contributed by atoms with van der Waals surface area (Å²) in [5, 5.41) is -0.410. The van der Waals surface area contributed by atoms with E-state index in [1.807, 2.05) is 0 Å². The van der Waals surface area contributed by atoms with Gasteiger partial charge in [0.05, 0.1) is 10.6 Å². The van der Waals surface area contributed by atoms with Crippen molar-refractivity contribution in [3.8, 4) is 11.1 Å². The Labute approximate surface area is 117 Å². The van der Waals surface area contributed by atoms with Gasteiger partial charge < -0.3 is 5.73 Å². The number of primary amides is 1. The third kappa shape index (κ3) is 2.91. The van der Waals surface area contributed by atoms with Crippen molar-refractivity contribution in [3.63, 3.8) is 0 Å². The highest BCUT2D eigenvalue weighted by Gasteiger charge is 2.33. The zero-order valence-corrected chi connectivity index (χ0v) is 10.7. The summed E-state index contributed by atoms with van der Waals surface area (Å²) >= 11 is 5.64. The predicted octanol–water partition coefficient (Wildman–Crippen LogP) is 3.52. The molecule has 0 aliphatic carbocycles. The molecule has 0 atom stereocenters. The summed E-state index contributed by atoms with van der Waals surface area (Å²) in [4.78, 5) is 14.8. The zero-order chi connectivity index (χ0) is 14.9. The van der Waals surface area contributed by atoms with Gasteiger partial charge in [-0.05, 0) is 35.4 Å². The van der Waals surface area contributed by atoms with Crippen LogP contribution in [0, 0.1) is 0 Å². The largest absolute Gasteiger partial charge is 0.417 e. The number of nitrogens with zero attached hydrogens (tertiary/aromatic N) is 1. The van der Waals surface area contributed by atoms with Gasteiger partial charge in [0.15, 0.2) is 0 Å². The van der Waals surface area contributed by atoms with Crippen LogP contribution >= 0.6 is 11.6 Å². The average molecular weight is 301 g/mol. The summed E-state index contributed by atoms with van der Waals surface area (Å²) in [6.07, 6.45) is -3.16. The SMILES string of the molecule is NC(=O)c1cc(-c2ccc(C(F)(F)F)c(Cl)c2)ccn1. The molecule has 1 amide bonds. The molecule has 0 unspecified atom stereocenters. The molecular weight excluding hydrogens is 293 g/mol. The summed E-state index contributed by atoms with van der Waals surface area (Å²) in [5.74, 6) is -0.718. The van der Waals surface area contributed by atoms with Gasteiger partial charge in [-0.3, -0.25) is 9.78 Å². The molecule has 3 nitrogen and oxygen atoms in total. The minimum Gasteiger partial charge on any atom is -0.364 e. The van der Waals surface area contributed by atoms with Gasteiger partial charge >= 0.3 is 6.18 Å². The zero-order valence-electron chi connectivity index (χ0n) is 9.91. The maximum Gasteiger partial charge on any atom is 0.417 e. The van der Waals surface area contributed by atoms with E-state index in [1.54, 1.807) is 6.07 Å². The average Bonchev–Trinajstić information content (AvgIpc) is 2.37. The molecule has 0 aliphatic heterocycles. The van der Waals surface area contributed by atoms with Gasteiger partial charge in [-0.1, -0.05) is 17.7 Å². The van der Waals surface area contributed by atoms with E-state index in [4.69, 9.17) is 17.3 Å². The van der Waals surface area contributed by atoms with Crippen molar-refractivity contribution in [2.45, 2.75) is 6.18 Å². The molecule has 2 rings (SSSR count). The summed E-state index contributed by atoms with van der Waals surface area (Å²) in [7, 11) is 0. The molecular formula is C13H8ClF3N2O. The summed E-state index contributed by atoms with van der Waals surface area (Å²) in [6, 6.07) is 6.29. The smallest absolute Gasteiger partial charge is 0.364 e. The number of carbonyl (C=O) groups excluding carboxylic acids is 1. The molecule has 104 valence electrons. The van der Waals surface area contributed by atoms with Crippen LogP contribution in [0.4, 0.5) is 13.2 Å². The van der Waals surface area contributed by atoms with Crippen LogP contribution in [0.25, 0.3) is 11.1 Å². The number of rotatable bonds is 2. The summed E-state index contributed by atoms with van der Waals surface area (Å²) in [6.45, 7) is 0. The molecule has 1 aromatic heterocycles. The van der Waals surface area contributed by atoms with Crippen LogP contribution in [-0.2, 0) is 6.18 Å². The van der Waals surface area contributed by atoms with E-state index < -0.39 is 22.7 Å². The van der Waals surface area contributed by atoms with Crippen molar-refractivity contribution >= 4 is 17.5 Å². The highest BCUT2D eigenvalue weighted by Crippen LogP contribution is 2.36. The molecule has 2 aromatic rings. The summed E-state index contributed by atoms with van der Waals surface area (Å²) < 4.78 is 37.8. The van der Waals surface area contributed by atoms with Crippen LogP contribution in [-0.4, -0.2) is 10.9 Å². The third-order valence-corrected chi connectivity index (χ3v) is 2.93. The van der Waals surface area contributed by atoms with Gasteiger partial charge in [0.1, 0.15) is 5.69 Å². The number of hydrogen-bond acceptors (Lipinski definition) is 2. The van der Waals surface area contributed by atoms with Gasteiger partial charge in [0.25, 0.3) is 5.91 Å². The second-order valence-electron chi connectivity index (χ2n) is 3.99. The molecule has 0 aliphatic rings. The van der Waals surface area contributed by atoms with Crippen molar-refractivity contribution in [1.29, 1.82) is 0 Å². The second-order valence-corrected chi connectivity index (χ2v) is 4.39. The van der Waals surface area contributed by atoms with Crippen LogP contribution in [0.3, 0.4) is 0 Å². The standard InChI is InChI=1S/C13H8ClF3N2O/c14-10-5-7(1-2-9(10)13(15,16)17)8-3-4-19-11(6-8)12(18)20/h1-6H,(H2,18,20). The molecule has 1 aromatic carbocycles. The molecule has 7 heteroatoms. The Morgan fingerprint density at radius 3 is 2.35 bits per heavy atom. The van der Waals surface area contributed by atoms with E-state index in [9.17, 15) is 18.0 Å². The minimum atomic E-state index is -4.51. The number of carbonyl (C=O) groups is 1. The lowest BCUT2D eigenvalue weighted by atomic mass is 10.0. The first-order valence-electron chi connectivity index (χ1n) is 5.42. The van der Waals surface area contributed by atoms with Crippen LogP contribution in [0.5, 0.6) is 0 Å². The normalized spacial score (nSPS) is 11.4. The van der Waals surface area contributed by atoms with Crippen molar-refractivity contribution in [3.05, 3.63) is 52.8 Å². The van der Waals surface area contributed by atoms with Gasteiger partial charge in [0.2, 0.25) is 0 Å². The number of halogens is 4. The maximum absolute atomic E-state index is 12.6. The monoisotopic (exact) mass is 300 g/mol. The van der Waals surface area contributed by atoms with Gasteiger partial charge in [-0.25, -0.2) is 0 Å². The van der Waals surface area contributed by atoms with Gasteiger partial charge in [-0.15, -0.1) is 0 Å². The molecule has 0 saturated carbocycles. The Hall–Kier alpha value is -2.08. The highest BCUT2D eigenvalue weighted by molar-refractivity contribution is 6.31. The Bertz CT molecular complexity index is 671. The van der Waals surface area contributed by atoms with Crippen molar-refractivity contribution in [2.24, 2.45) is 5.73 Å². The maximum atomic E-state index is 12.6. The fraction of sp³-hybridized carbons (Fsp3) is 0.0769.